The number of nitrogens with one attached hydrogen (secondary N) is 1. The van der Waals surface area contributed by atoms with Crippen LogP contribution in [-0.4, -0.2) is 41.0 Å². The molecule has 1 aromatic rings. The summed E-state index contributed by atoms with van der Waals surface area (Å²) in [5.41, 5.74) is -0.337. The van der Waals surface area contributed by atoms with Crippen LogP contribution in [0.3, 0.4) is 0 Å². The molecule has 1 aromatic heterocycles. The molecule has 1 fully saturated rings. The number of likely N-dealkylation sites (tertiary alicyclic amines) is 1. The zero-order valence-electron chi connectivity index (χ0n) is 12.2. The number of rotatable bonds is 3. The summed E-state index contributed by atoms with van der Waals surface area (Å²) in [6.45, 7) is 1.97. The van der Waals surface area contributed by atoms with Crippen LogP contribution in [0.1, 0.15) is 6.42 Å². The van der Waals surface area contributed by atoms with Crippen molar-refractivity contribution in [2.75, 3.05) is 18.4 Å². The Balaban J connectivity index is 2.06. The van der Waals surface area contributed by atoms with Crippen LogP contribution >= 0.6 is 11.6 Å². The second-order valence-electron chi connectivity index (χ2n) is 5.31. The van der Waals surface area contributed by atoms with Crippen LogP contribution in [0.4, 0.5) is 27.8 Å². The van der Waals surface area contributed by atoms with Crippen molar-refractivity contribution in [1.82, 2.24) is 9.88 Å². The van der Waals surface area contributed by atoms with E-state index in [9.17, 15) is 26.7 Å². The van der Waals surface area contributed by atoms with E-state index in [0.717, 1.165) is 4.90 Å². The smallest absolute Gasteiger partial charge is 0.366 e. The van der Waals surface area contributed by atoms with Crippen LogP contribution < -0.4 is 5.32 Å². The minimum absolute atomic E-state index is 0.111. The fraction of sp³-hybridized carbons (Fsp3) is 0.429. The molecular weight excluding hydrogens is 357 g/mol. The van der Waals surface area contributed by atoms with E-state index in [-0.39, 0.29) is 11.5 Å². The van der Waals surface area contributed by atoms with Crippen LogP contribution in [-0.2, 0) is 4.79 Å². The second kappa shape index (κ2) is 6.54. The summed E-state index contributed by atoms with van der Waals surface area (Å²) >= 11 is 5.64. The Kier molecular flexibility index (Phi) is 5.03. The monoisotopic (exact) mass is 369 g/mol. The SMILES string of the molecule is C=C(C(=O)Nc1ccc(Cl)cn1)N1CCC(F)(F)[C@@H](C(F)(F)F)C1. The third kappa shape index (κ3) is 4.14. The lowest BCUT2D eigenvalue weighted by molar-refractivity contribution is -0.255. The van der Waals surface area contributed by atoms with Crippen molar-refractivity contribution in [2.45, 2.75) is 18.5 Å². The Morgan fingerprint density at radius 2 is 2.08 bits per heavy atom. The Labute approximate surface area is 139 Å². The predicted molar refractivity (Wildman–Crippen MR) is 77.7 cm³/mol. The highest BCUT2D eigenvalue weighted by molar-refractivity contribution is 6.30. The molecule has 0 radical (unpaired) electrons. The van der Waals surface area contributed by atoms with Crippen molar-refractivity contribution >= 4 is 23.3 Å². The first-order chi connectivity index (χ1) is 11.0. The normalized spacial score (nSPS) is 20.6. The van der Waals surface area contributed by atoms with E-state index in [4.69, 9.17) is 11.6 Å². The number of alkyl halides is 5. The molecule has 1 amide bonds. The molecule has 1 aliphatic heterocycles. The third-order valence-electron chi connectivity index (χ3n) is 3.64. The number of amides is 1. The predicted octanol–water partition coefficient (Wildman–Crippen LogP) is 3.71. The number of carbonyl (C=O) groups excluding carboxylic acids is 1. The third-order valence-corrected chi connectivity index (χ3v) is 3.86. The summed E-state index contributed by atoms with van der Waals surface area (Å²) in [5, 5.41) is 2.65. The van der Waals surface area contributed by atoms with Crippen molar-refractivity contribution in [3.63, 3.8) is 0 Å². The molecule has 4 nitrogen and oxygen atoms in total. The fourth-order valence-electron chi connectivity index (χ4n) is 2.27. The van der Waals surface area contributed by atoms with Gasteiger partial charge in [0.25, 0.3) is 11.8 Å². The van der Waals surface area contributed by atoms with E-state index < -0.39 is 43.4 Å². The van der Waals surface area contributed by atoms with Gasteiger partial charge in [-0.1, -0.05) is 18.2 Å². The zero-order valence-corrected chi connectivity index (χ0v) is 13.0. The van der Waals surface area contributed by atoms with Crippen molar-refractivity contribution in [2.24, 2.45) is 5.92 Å². The Hall–Kier alpha value is -1.90. The molecule has 2 rings (SSSR count). The zero-order chi connectivity index (χ0) is 18.1. The molecule has 0 unspecified atom stereocenters. The van der Waals surface area contributed by atoms with E-state index in [0.29, 0.717) is 5.02 Å². The van der Waals surface area contributed by atoms with Gasteiger partial charge in [0.05, 0.1) is 10.7 Å². The summed E-state index contributed by atoms with van der Waals surface area (Å²) < 4.78 is 65.4. The largest absolute Gasteiger partial charge is 0.399 e. The molecular formula is C14H13ClF5N3O. The number of aromatic nitrogens is 1. The van der Waals surface area contributed by atoms with Gasteiger partial charge in [-0.05, 0) is 12.1 Å². The highest BCUT2D eigenvalue weighted by atomic mass is 35.5. The molecule has 1 saturated heterocycles. The van der Waals surface area contributed by atoms with Crippen molar-refractivity contribution in [3.8, 4) is 0 Å². The number of carbonyl (C=O) groups is 1. The minimum Gasteiger partial charge on any atom is -0.366 e. The standard InChI is InChI=1S/C14H13ClF5N3O/c1-8(12(24)22-11-3-2-9(15)6-21-11)23-5-4-13(16,17)10(7-23)14(18,19)20/h2-3,6,10H,1,4-5,7H2,(H,21,22,24)/t10-/m0/s1. The highest BCUT2D eigenvalue weighted by Crippen LogP contribution is 2.43. The van der Waals surface area contributed by atoms with Gasteiger partial charge in [-0.3, -0.25) is 4.79 Å². The lowest BCUT2D eigenvalue weighted by Crippen LogP contribution is -2.53. The van der Waals surface area contributed by atoms with Crippen LogP contribution in [0, 0.1) is 5.92 Å². The summed E-state index contributed by atoms with van der Waals surface area (Å²) in [6.07, 6.45) is -4.82. The number of nitrogens with zero attached hydrogens (tertiary/aromatic N) is 2. The van der Waals surface area contributed by atoms with Crippen LogP contribution in [0.5, 0.6) is 0 Å². The molecule has 0 aliphatic carbocycles. The van der Waals surface area contributed by atoms with Crippen LogP contribution in [0.2, 0.25) is 5.02 Å². The number of halogens is 6. The molecule has 0 bridgehead atoms. The fourth-order valence-corrected chi connectivity index (χ4v) is 2.39. The molecule has 1 aliphatic rings. The molecule has 132 valence electrons. The Bertz CT molecular complexity index is 632. The Morgan fingerprint density at radius 3 is 2.62 bits per heavy atom. The van der Waals surface area contributed by atoms with E-state index in [1.807, 2.05) is 0 Å². The molecule has 0 aromatic carbocycles. The first kappa shape index (κ1) is 18.4. The van der Waals surface area contributed by atoms with Gasteiger partial charge in [0.1, 0.15) is 11.7 Å². The summed E-state index contributed by atoms with van der Waals surface area (Å²) in [4.78, 5) is 16.7. The summed E-state index contributed by atoms with van der Waals surface area (Å²) in [6, 6.07) is 2.84. The molecule has 2 heterocycles. The minimum atomic E-state index is -5.07. The molecule has 0 saturated carbocycles. The highest BCUT2D eigenvalue weighted by Gasteiger charge is 2.58. The quantitative estimate of drug-likeness (QED) is 0.652. The second-order valence-corrected chi connectivity index (χ2v) is 5.75. The van der Waals surface area contributed by atoms with Gasteiger partial charge in [0, 0.05) is 25.7 Å². The van der Waals surface area contributed by atoms with Crippen LogP contribution in [0.25, 0.3) is 0 Å². The molecule has 10 heteroatoms. The van der Waals surface area contributed by atoms with E-state index >= 15 is 0 Å². The number of piperidine rings is 1. The van der Waals surface area contributed by atoms with Crippen molar-refractivity contribution in [3.05, 3.63) is 35.6 Å². The van der Waals surface area contributed by atoms with E-state index in [1.54, 1.807) is 0 Å². The van der Waals surface area contributed by atoms with Crippen molar-refractivity contribution < 1.29 is 26.7 Å². The molecule has 1 N–H and O–H groups in total. The first-order valence-electron chi connectivity index (χ1n) is 6.82. The van der Waals surface area contributed by atoms with Gasteiger partial charge in [-0.25, -0.2) is 13.8 Å². The van der Waals surface area contributed by atoms with Gasteiger partial charge in [-0.15, -0.1) is 0 Å². The summed E-state index contributed by atoms with van der Waals surface area (Å²) in [7, 11) is 0. The first-order valence-corrected chi connectivity index (χ1v) is 7.20. The maximum Gasteiger partial charge on any atom is 0.399 e. The molecule has 0 spiro atoms. The van der Waals surface area contributed by atoms with Gasteiger partial charge < -0.3 is 10.2 Å². The number of hydrogen-bond acceptors (Lipinski definition) is 3. The average Bonchev–Trinajstić information content (AvgIpc) is 2.47. The molecule has 24 heavy (non-hydrogen) atoms. The van der Waals surface area contributed by atoms with Gasteiger partial charge in [0.15, 0.2) is 0 Å². The average molecular weight is 370 g/mol. The lowest BCUT2D eigenvalue weighted by Gasteiger charge is -2.40. The van der Waals surface area contributed by atoms with Crippen molar-refractivity contribution in [1.29, 1.82) is 0 Å². The van der Waals surface area contributed by atoms with Gasteiger partial charge >= 0.3 is 6.18 Å². The molecule has 1 atom stereocenters. The number of hydrogen-bond donors (Lipinski definition) is 1. The summed E-state index contributed by atoms with van der Waals surface area (Å²) in [5.74, 6) is -7.43. The van der Waals surface area contributed by atoms with E-state index in [1.165, 1.54) is 18.3 Å². The van der Waals surface area contributed by atoms with Crippen LogP contribution in [0.15, 0.2) is 30.6 Å². The van der Waals surface area contributed by atoms with Gasteiger partial charge in [0.2, 0.25) is 0 Å². The Morgan fingerprint density at radius 1 is 1.42 bits per heavy atom. The number of anilines is 1. The maximum absolute atomic E-state index is 13.5. The van der Waals surface area contributed by atoms with Gasteiger partial charge in [-0.2, -0.15) is 13.2 Å². The topological polar surface area (TPSA) is 45.2 Å². The number of pyridine rings is 1. The lowest BCUT2D eigenvalue weighted by atomic mass is 9.92. The maximum atomic E-state index is 13.5. The van der Waals surface area contributed by atoms with E-state index in [2.05, 4.69) is 16.9 Å².